The Morgan fingerprint density at radius 2 is 1.76 bits per heavy atom. The second-order valence-electron chi connectivity index (χ2n) is 5.72. The zero-order chi connectivity index (χ0) is 18.8. The monoisotopic (exact) mass is 353 g/mol. The first-order chi connectivity index (χ1) is 11.8. The van der Waals surface area contributed by atoms with E-state index in [-0.39, 0.29) is 32.0 Å². The highest BCUT2D eigenvalue weighted by molar-refractivity contribution is 5.78. The van der Waals surface area contributed by atoms with Crippen LogP contribution in [0.2, 0.25) is 0 Å². The van der Waals surface area contributed by atoms with E-state index in [1.54, 1.807) is 0 Å². The number of amides is 1. The summed E-state index contributed by atoms with van der Waals surface area (Å²) in [6.45, 7) is 1.80. The lowest BCUT2D eigenvalue weighted by Crippen LogP contribution is -2.32. The van der Waals surface area contributed by atoms with Crippen LogP contribution >= 0.6 is 0 Å². The molecular formula is C17H23NO7. The molecule has 2 rings (SSSR count). The van der Waals surface area contributed by atoms with E-state index in [2.05, 4.69) is 0 Å². The number of carbonyl (C=O) groups is 3. The van der Waals surface area contributed by atoms with Gasteiger partial charge in [0.1, 0.15) is 6.61 Å². The Morgan fingerprint density at radius 3 is 2.32 bits per heavy atom. The van der Waals surface area contributed by atoms with Gasteiger partial charge in [-0.2, -0.15) is 0 Å². The predicted molar refractivity (Wildman–Crippen MR) is 87.7 cm³/mol. The van der Waals surface area contributed by atoms with Crippen molar-refractivity contribution in [1.82, 2.24) is 4.90 Å². The van der Waals surface area contributed by atoms with Crippen LogP contribution < -0.4 is 0 Å². The number of carbonyl (C=O) groups excluding carboxylic acids is 1. The number of likely N-dealkylation sites (tertiary alicyclic amines) is 1. The van der Waals surface area contributed by atoms with Crippen molar-refractivity contribution in [1.29, 1.82) is 0 Å². The van der Waals surface area contributed by atoms with Crippen LogP contribution in [0.1, 0.15) is 18.9 Å². The molecule has 1 aliphatic rings. The second-order valence-corrected chi connectivity index (χ2v) is 5.72. The van der Waals surface area contributed by atoms with Gasteiger partial charge in [-0.1, -0.05) is 30.3 Å². The Morgan fingerprint density at radius 1 is 1.16 bits per heavy atom. The average Bonchev–Trinajstić information content (AvgIpc) is 2.88. The van der Waals surface area contributed by atoms with Gasteiger partial charge in [-0.05, 0) is 5.56 Å². The van der Waals surface area contributed by atoms with Gasteiger partial charge in [0, 0.05) is 25.9 Å². The number of carboxylic acids is 2. The number of aliphatic hydroxyl groups excluding tert-OH is 1. The molecule has 1 fully saturated rings. The first-order valence-corrected chi connectivity index (χ1v) is 7.78. The fourth-order valence-electron chi connectivity index (χ4n) is 2.40. The maximum atomic E-state index is 12.0. The Balaban J connectivity index is 0.000000705. The molecule has 25 heavy (non-hydrogen) atoms. The Kier molecular flexibility index (Phi) is 8.59. The molecule has 0 aliphatic carbocycles. The van der Waals surface area contributed by atoms with Gasteiger partial charge in [0.25, 0.3) is 5.97 Å². The number of carboxylic acid groups (broad SMARTS) is 2. The summed E-state index contributed by atoms with van der Waals surface area (Å²) in [4.78, 5) is 33.1. The van der Waals surface area contributed by atoms with Crippen LogP contribution in [0.5, 0.6) is 0 Å². The first-order valence-electron chi connectivity index (χ1n) is 7.78. The zero-order valence-electron chi connectivity index (χ0n) is 14.0. The third kappa shape index (κ3) is 8.27. The summed E-state index contributed by atoms with van der Waals surface area (Å²) in [5.41, 5.74) is 0.982. The Labute approximate surface area is 145 Å². The SMILES string of the molecule is CC(=O)O.O=C(O)C[C@@H]1CN(C(=O)COCc2ccccc2)C[C@H]1O. The quantitative estimate of drug-likeness (QED) is 0.683. The van der Waals surface area contributed by atoms with E-state index >= 15 is 0 Å². The summed E-state index contributed by atoms with van der Waals surface area (Å²) in [6.07, 6.45) is -0.908. The Bertz CT molecular complexity index is 572. The maximum Gasteiger partial charge on any atom is 0.303 e. The first kappa shape index (κ1) is 20.6. The summed E-state index contributed by atoms with van der Waals surface area (Å²) < 4.78 is 5.36. The van der Waals surface area contributed by atoms with Crippen molar-refractivity contribution in [3.05, 3.63) is 35.9 Å². The molecule has 3 N–H and O–H groups in total. The molecule has 0 saturated carbocycles. The molecule has 0 spiro atoms. The highest BCUT2D eigenvalue weighted by Gasteiger charge is 2.35. The van der Waals surface area contributed by atoms with Crippen LogP contribution in [0.3, 0.4) is 0 Å². The summed E-state index contributed by atoms with van der Waals surface area (Å²) in [6, 6.07) is 9.52. The van der Waals surface area contributed by atoms with Crippen molar-refractivity contribution in [3.8, 4) is 0 Å². The van der Waals surface area contributed by atoms with E-state index in [9.17, 15) is 14.7 Å². The van der Waals surface area contributed by atoms with E-state index in [4.69, 9.17) is 19.7 Å². The number of ether oxygens (including phenoxy) is 1. The summed E-state index contributed by atoms with van der Waals surface area (Å²) in [5, 5.41) is 25.9. The number of hydrogen-bond donors (Lipinski definition) is 3. The molecule has 1 heterocycles. The van der Waals surface area contributed by atoms with Gasteiger partial charge in [-0.15, -0.1) is 0 Å². The molecule has 0 unspecified atom stereocenters. The number of benzene rings is 1. The molecule has 138 valence electrons. The van der Waals surface area contributed by atoms with Crippen molar-refractivity contribution in [2.75, 3.05) is 19.7 Å². The molecule has 1 aromatic rings. The van der Waals surface area contributed by atoms with E-state index in [1.165, 1.54) is 4.90 Å². The molecule has 1 saturated heterocycles. The van der Waals surface area contributed by atoms with E-state index in [0.717, 1.165) is 12.5 Å². The third-order valence-corrected chi connectivity index (χ3v) is 3.53. The molecule has 1 aliphatic heterocycles. The van der Waals surface area contributed by atoms with Crippen molar-refractivity contribution in [2.24, 2.45) is 5.92 Å². The second kappa shape index (κ2) is 10.4. The van der Waals surface area contributed by atoms with E-state index < -0.39 is 24.0 Å². The highest BCUT2D eigenvalue weighted by Crippen LogP contribution is 2.20. The number of aliphatic hydroxyl groups is 1. The van der Waals surface area contributed by atoms with Crippen LogP contribution in [-0.4, -0.2) is 63.9 Å². The molecule has 2 atom stereocenters. The topological polar surface area (TPSA) is 124 Å². The van der Waals surface area contributed by atoms with Crippen LogP contribution in [-0.2, 0) is 25.7 Å². The van der Waals surface area contributed by atoms with Crippen LogP contribution in [0.25, 0.3) is 0 Å². The summed E-state index contributed by atoms with van der Waals surface area (Å²) in [7, 11) is 0. The molecule has 8 heteroatoms. The lowest BCUT2D eigenvalue weighted by molar-refractivity contribution is -0.139. The highest BCUT2D eigenvalue weighted by atomic mass is 16.5. The third-order valence-electron chi connectivity index (χ3n) is 3.53. The zero-order valence-corrected chi connectivity index (χ0v) is 14.0. The van der Waals surface area contributed by atoms with Gasteiger partial charge in [-0.3, -0.25) is 14.4 Å². The minimum absolute atomic E-state index is 0.0680. The standard InChI is InChI=1S/C15H19NO5.C2H4O2/c17-13-8-16(7-12(13)6-15(19)20)14(18)10-21-9-11-4-2-1-3-5-11;1-2(3)4/h1-5,12-13,17H,6-10H2,(H,19,20);1H3,(H,3,4)/t12-,13-;/m1./s1. The number of hydrogen-bond acceptors (Lipinski definition) is 5. The van der Waals surface area contributed by atoms with Gasteiger partial charge >= 0.3 is 5.97 Å². The number of aliphatic carboxylic acids is 2. The predicted octanol–water partition coefficient (Wildman–Crippen LogP) is 0.588. The van der Waals surface area contributed by atoms with E-state index in [0.29, 0.717) is 6.61 Å². The van der Waals surface area contributed by atoms with Crippen LogP contribution in [0.4, 0.5) is 0 Å². The van der Waals surface area contributed by atoms with Crippen molar-refractivity contribution in [3.63, 3.8) is 0 Å². The molecule has 0 aromatic heterocycles. The normalized spacial score (nSPS) is 19.0. The number of nitrogens with zero attached hydrogens (tertiary/aromatic N) is 1. The molecule has 8 nitrogen and oxygen atoms in total. The van der Waals surface area contributed by atoms with Crippen molar-refractivity contribution in [2.45, 2.75) is 26.1 Å². The van der Waals surface area contributed by atoms with Gasteiger partial charge in [-0.25, -0.2) is 0 Å². The molecule has 1 amide bonds. The van der Waals surface area contributed by atoms with Crippen molar-refractivity contribution >= 4 is 17.8 Å². The minimum atomic E-state index is -0.964. The number of rotatable bonds is 6. The van der Waals surface area contributed by atoms with Crippen molar-refractivity contribution < 1.29 is 34.4 Å². The molecule has 0 radical (unpaired) electrons. The smallest absolute Gasteiger partial charge is 0.303 e. The lowest BCUT2D eigenvalue weighted by atomic mass is 10.0. The lowest BCUT2D eigenvalue weighted by Gasteiger charge is -2.15. The number of β-amino-alcohol motifs (C(OH)–C–C–N with tert-alkyl or cyclic N) is 1. The van der Waals surface area contributed by atoms with E-state index in [1.807, 2.05) is 30.3 Å². The largest absolute Gasteiger partial charge is 0.481 e. The fourth-order valence-corrected chi connectivity index (χ4v) is 2.40. The van der Waals surface area contributed by atoms with Gasteiger partial charge in [0.2, 0.25) is 5.91 Å². The summed E-state index contributed by atoms with van der Waals surface area (Å²) in [5.74, 6) is -2.42. The average molecular weight is 353 g/mol. The Hall–Kier alpha value is -2.45. The van der Waals surface area contributed by atoms with Crippen LogP contribution in [0, 0.1) is 5.92 Å². The van der Waals surface area contributed by atoms with Gasteiger partial charge in [0.05, 0.1) is 19.1 Å². The minimum Gasteiger partial charge on any atom is -0.481 e. The fraction of sp³-hybridized carbons (Fsp3) is 0.471. The molecule has 0 bridgehead atoms. The molecule has 1 aromatic carbocycles. The van der Waals surface area contributed by atoms with Crippen LogP contribution in [0.15, 0.2) is 30.3 Å². The molecular weight excluding hydrogens is 330 g/mol. The van der Waals surface area contributed by atoms with Gasteiger partial charge in [0.15, 0.2) is 0 Å². The summed E-state index contributed by atoms with van der Waals surface area (Å²) >= 11 is 0. The maximum absolute atomic E-state index is 12.0. The van der Waals surface area contributed by atoms with Gasteiger partial charge < -0.3 is 25.0 Å².